The summed E-state index contributed by atoms with van der Waals surface area (Å²) in [7, 11) is 0. The van der Waals surface area contributed by atoms with Gasteiger partial charge < -0.3 is 15.8 Å². The lowest BCUT2D eigenvalue weighted by atomic mass is 10.2. The van der Waals surface area contributed by atoms with Gasteiger partial charge in [0, 0.05) is 12.7 Å². The standard InChI is InChI=1S/C18H21N3O2/c1-14-11-16(12-21-17(14)19)9-5-6-10-20-18(22)23-13-15-7-3-2-4-8-15/h2-5,7-9,11-12H,6,10,13H2,1H3,(H2,19,21)(H,20,22). The van der Waals surface area contributed by atoms with E-state index in [2.05, 4.69) is 10.3 Å². The van der Waals surface area contributed by atoms with Crippen LogP contribution in [-0.2, 0) is 11.3 Å². The summed E-state index contributed by atoms with van der Waals surface area (Å²) in [5.74, 6) is 0.546. The van der Waals surface area contributed by atoms with Gasteiger partial charge in [0.05, 0.1) is 0 Å². The molecule has 0 spiro atoms. The third-order valence-corrected chi connectivity index (χ3v) is 3.24. The number of anilines is 1. The number of nitrogens with two attached hydrogens (primary N) is 1. The Morgan fingerprint density at radius 1 is 1.35 bits per heavy atom. The van der Waals surface area contributed by atoms with Gasteiger partial charge in [-0.15, -0.1) is 0 Å². The van der Waals surface area contributed by atoms with Crippen LogP contribution in [0.25, 0.3) is 6.08 Å². The van der Waals surface area contributed by atoms with Gasteiger partial charge in [-0.25, -0.2) is 9.78 Å². The molecule has 0 aliphatic rings. The van der Waals surface area contributed by atoms with E-state index in [-0.39, 0.29) is 6.61 Å². The van der Waals surface area contributed by atoms with Crippen LogP contribution in [0.1, 0.15) is 23.1 Å². The van der Waals surface area contributed by atoms with Crippen LogP contribution in [-0.4, -0.2) is 17.6 Å². The maximum atomic E-state index is 11.6. The van der Waals surface area contributed by atoms with E-state index in [1.165, 1.54) is 0 Å². The molecule has 2 aromatic rings. The molecular weight excluding hydrogens is 290 g/mol. The Balaban J connectivity index is 1.65. The number of benzene rings is 1. The van der Waals surface area contributed by atoms with E-state index >= 15 is 0 Å². The van der Waals surface area contributed by atoms with Crippen LogP contribution >= 0.6 is 0 Å². The quantitative estimate of drug-likeness (QED) is 0.802. The van der Waals surface area contributed by atoms with Crippen molar-refractivity contribution < 1.29 is 9.53 Å². The van der Waals surface area contributed by atoms with Crippen LogP contribution in [0.2, 0.25) is 0 Å². The number of ether oxygens (including phenoxy) is 1. The van der Waals surface area contributed by atoms with Crippen molar-refractivity contribution in [3.63, 3.8) is 0 Å². The molecule has 23 heavy (non-hydrogen) atoms. The van der Waals surface area contributed by atoms with Crippen molar-refractivity contribution in [1.82, 2.24) is 10.3 Å². The molecule has 1 aromatic heterocycles. The monoisotopic (exact) mass is 311 g/mol. The van der Waals surface area contributed by atoms with Gasteiger partial charge in [0.15, 0.2) is 0 Å². The molecule has 0 saturated heterocycles. The highest BCUT2D eigenvalue weighted by Gasteiger charge is 2.00. The highest BCUT2D eigenvalue weighted by atomic mass is 16.5. The number of pyridine rings is 1. The number of amides is 1. The second-order valence-corrected chi connectivity index (χ2v) is 5.15. The molecule has 3 N–H and O–H groups in total. The Labute approximate surface area is 136 Å². The van der Waals surface area contributed by atoms with Crippen molar-refractivity contribution in [1.29, 1.82) is 0 Å². The molecule has 1 amide bonds. The van der Waals surface area contributed by atoms with Crippen LogP contribution < -0.4 is 11.1 Å². The Bertz CT molecular complexity index is 669. The number of nitrogen functional groups attached to an aromatic ring is 1. The molecule has 1 heterocycles. The first-order chi connectivity index (χ1) is 11.1. The number of carbonyl (C=O) groups excluding carboxylic acids is 1. The molecule has 120 valence electrons. The number of aryl methyl sites for hydroxylation is 1. The van der Waals surface area contributed by atoms with Gasteiger partial charge >= 0.3 is 6.09 Å². The number of alkyl carbamates (subject to hydrolysis) is 1. The largest absolute Gasteiger partial charge is 0.445 e. The fourth-order valence-electron chi connectivity index (χ4n) is 1.95. The molecule has 0 unspecified atom stereocenters. The van der Waals surface area contributed by atoms with E-state index < -0.39 is 6.09 Å². The number of carbonyl (C=O) groups is 1. The average molecular weight is 311 g/mol. The summed E-state index contributed by atoms with van der Waals surface area (Å²) in [5, 5.41) is 2.71. The Kier molecular flexibility index (Phi) is 6.17. The van der Waals surface area contributed by atoms with Crippen LogP contribution in [0.4, 0.5) is 10.6 Å². The Morgan fingerprint density at radius 3 is 2.87 bits per heavy atom. The Hall–Kier alpha value is -2.82. The first-order valence-electron chi connectivity index (χ1n) is 7.48. The molecule has 0 aliphatic heterocycles. The molecule has 5 heteroatoms. The average Bonchev–Trinajstić information content (AvgIpc) is 2.57. The van der Waals surface area contributed by atoms with E-state index in [0.717, 1.165) is 16.7 Å². The fraction of sp³-hybridized carbons (Fsp3) is 0.222. The molecule has 5 nitrogen and oxygen atoms in total. The molecule has 0 atom stereocenters. The summed E-state index contributed by atoms with van der Waals surface area (Å²) < 4.78 is 5.12. The number of nitrogens with one attached hydrogen (secondary N) is 1. The highest BCUT2D eigenvalue weighted by Crippen LogP contribution is 2.10. The molecule has 0 saturated carbocycles. The van der Waals surface area contributed by atoms with Crippen molar-refractivity contribution >= 4 is 18.0 Å². The van der Waals surface area contributed by atoms with Crippen molar-refractivity contribution in [3.05, 3.63) is 65.4 Å². The number of nitrogens with zero attached hydrogens (tertiary/aromatic N) is 1. The normalized spacial score (nSPS) is 10.7. The predicted octanol–water partition coefficient (Wildman–Crippen LogP) is 3.30. The second kappa shape index (κ2) is 8.58. The van der Waals surface area contributed by atoms with Crippen molar-refractivity contribution in [2.75, 3.05) is 12.3 Å². The van der Waals surface area contributed by atoms with Crippen LogP contribution in [0, 0.1) is 6.92 Å². The molecular formula is C18H21N3O2. The number of hydrogen-bond donors (Lipinski definition) is 2. The molecule has 1 aromatic carbocycles. The van der Waals surface area contributed by atoms with E-state index in [4.69, 9.17) is 10.5 Å². The molecule has 0 radical (unpaired) electrons. The van der Waals surface area contributed by atoms with Crippen molar-refractivity contribution in [2.45, 2.75) is 20.0 Å². The van der Waals surface area contributed by atoms with Gasteiger partial charge in [0.25, 0.3) is 0 Å². The SMILES string of the molecule is Cc1cc(C=CCCNC(=O)OCc2ccccc2)cnc1N. The summed E-state index contributed by atoms with van der Waals surface area (Å²) in [6, 6.07) is 11.6. The number of hydrogen-bond acceptors (Lipinski definition) is 4. The lowest BCUT2D eigenvalue weighted by Gasteiger charge is -2.06. The lowest BCUT2D eigenvalue weighted by molar-refractivity contribution is 0.140. The van der Waals surface area contributed by atoms with Gasteiger partial charge in [-0.05, 0) is 36.1 Å². The van der Waals surface area contributed by atoms with Crippen molar-refractivity contribution in [3.8, 4) is 0 Å². The first-order valence-corrected chi connectivity index (χ1v) is 7.48. The molecule has 2 rings (SSSR count). The maximum Gasteiger partial charge on any atom is 0.407 e. The maximum absolute atomic E-state index is 11.6. The number of aromatic nitrogens is 1. The smallest absolute Gasteiger partial charge is 0.407 e. The van der Waals surface area contributed by atoms with Crippen molar-refractivity contribution in [2.24, 2.45) is 0 Å². The minimum atomic E-state index is -0.410. The van der Waals surface area contributed by atoms with Gasteiger partial charge in [-0.3, -0.25) is 0 Å². The zero-order valence-electron chi connectivity index (χ0n) is 13.2. The van der Waals surface area contributed by atoms with E-state index in [9.17, 15) is 4.79 Å². The van der Waals surface area contributed by atoms with E-state index in [0.29, 0.717) is 18.8 Å². The van der Waals surface area contributed by atoms with Gasteiger partial charge in [0.1, 0.15) is 12.4 Å². The van der Waals surface area contributed by atoms with Gasteiger partial charge in [0.2, 0.25) is 0 Å². The van der Waals surface area contributed by atoms with Gasteiger partial charge in [-0.1, -0.05) is 42.5 Å². The molecule has 0 bridgehead atoms. The second-order valence-electron chi connectivity index (χ2n) is 5.15. The summed E-state index contributed by atoms with van der Waals surface area (Å²) in [4.78, 5) is 15.6. The number of rotatable bonds is 6. The third kappa shape index (κ3) is 5.82. The summed E-state index contributed by atoms with van der Waals surface area (Å²) >= 11 is 0. The Morgan fingerprint density at radius 2 is 2.13 bits per heavy atom. The highest BCUT2D eigenvalue weighted by molar-refractivity contribution is 5.67. The zero-order valence-corrected chi connectivity index (χ0v) is 13.2. The minimum Gasteiger partial charge on any atom is -0.445 e. The summed E-state index contributed by atoms with van der Waals surface area (Å²) in [6.45, 7) is 2.72. The first kappa shape index (κ1) is 16.5. The summed E-state index contributed by atoms with van der Waals surface area (Å²) in [6.07, 6.45) is 5.96. The topological polar surface area (TPSA) is 77.2 Å². The van der Waals surface area contributed by atoms with Gasteiger partial charge in [-0.2, -0.15) is 0 Å². The molecule has 0 fully saturated rings. The fourth-order valence-corrected chi connectivity index (χ4v) is 1.95. The summed E-state index contributed by atoms with van der Waals surface area (Å²) in [5.41, 5.74) is 8.58. The van der Waals surface area contributed by atoms with Crippen LogP contribution in [0.5, 0.6) is 0 Å². The van der Waals surface area contributed by atoms with E-state index in [1.54, 1.807) is 6.20 Å². The molecule has 0 aliphatic carbocycles. The van der Waals surface area contributed by atoms with E-state index in [1.807, 2.05) is 55.5 Å². The predicted molar refractivity (Wildman–Crippen MR) is 91.7 cm³/mol. The lowest BCUT2D eigenvalue weighted by Crippen LogP contribution is -2.24. The van der Waals surface area contributed by atoms with Crippen LogP contribution in [0.15, 0.2) is 48.7 Å². The third-order valence-electron chi connectivity index (χ3n) is 3.24. The zero-order chi connectivity index (χ0) is 16.5. The van der Waals surface area contributed by atoms with Crippen LogP contribution in [0.3, 0.4) is 0 Å². The minimum absolute atomic E-state index is 0.277.